The lowest BCUT2D eigenvalue weighted by Gasteiger charge is -2.10. The van der Waals surface area contributed by atoms with E-state index in [2.05, 4.69) is 5.09 Å². The first-order valence-corrected chi connectivity index (χ1v) is 5.45. The van der Waals surface area contributed by atoms with Crippen molar-refractivity contribution in [2.24, 2.45) is 11.0 Å². The van der Waals surface area contributed by atoms with Crippen LogP contribution in [0.4, 0.5) is 5.69 Å². The largest absolute Gasteiger partial charge is 0.497 e. The molecule has 5 nitrogen and oxygen atoms in total. The van der Waals surface area contributed by atoms with Crippen LogP contribution in [0.5, 0.6) is 5.75 Å². The second kappa shape index (κ2) is 3.79. The summed E-state index contributed by atoms with van der Waals surface area (Å²) < 4.78 is 15.9. The number of anilines is 1. The lowest BCUT2D eigenvalue weighted by Crippen LogP contribution is -2.13. The molecule has 0 saturated heterocycles. The van der Waals surface area contributed by atoms with E-state index in [0.717, 1.165) is 0 Å². The molecule has 1 aromatic rings. The highest BCUT2D eigenvalue weighted by Crippen LogP contribution is 2.28. The molecule has 0 fully saturated rings. The van der Waals surface area contributed by atoms with E-state index in [1.54, 1.807) is 31.4 Å². The first-order valence-electron chi connectivity index (χ1n) is 3.61. The number of rotatable bonds is 3. The van der Waals surface area contributed by atoms with Crippen molar-refractivity contribution in [1.29, 1.82) is 0 Å². The fourth-order valence-corrected chi connectivity index (χ4v) is 1.44. The Bertz CT molecular complexity index is 336. The van der Waals surface area contributed by atoms with Crippen LogP contribution in [0.2, 0.25) is 0 Å². The second-order valence-corrected chi connectivity index (χ2v) is 4.20. The molecule has 0 saturated carbocycles. The standard InChI is InChI=1S/C7H12N3O2P/c1-12-7-4-2-3-6(5-7)10-13(8,9)11/h2-5H,1H3,(H5,8,9,10,11). The normalized spacial score (nSPS) is 11.0. The minimum atomic E-state index is -3.22. The Morgan fingerprint density at radius 2 is 2.15 bits per heavy atom. The van der Waals surface area contributed by atoms with Crippen LogP contribution in [-0.2, 0) is 4.57 Å². The van der Waals surface area contributed by atoms with Gasteiger partial charge in [0.25, 0.3) is 7.59 Å². The van der Waals surface area contributed by atoms with E-state index < -0.39 is 7.59 Å². The smallest absolute Gasteiger partial charge is 0.298 e. The van der Waals surface area contributed by atoms with E-state index in [4.69, 9.17) is 15.7 Å². The molecule has 0 aliphatic carbocycles. The zero-order chi connectivity index (χ0) is 9.90. The van der Waals surface area contributed by atoms with Gasteiger partial charge in [-0.3, -0.25) is 15.6 Å². The van der Waals surface area contributed by atoms with Crippen LogP contribution < -0.4 is 20.8 Å². The van der Waals surface area contributed by atoms with Crippen LogP contribution in [0.3, 0.4) is 0 Å². The molecule has 0 heterocycles. The van der Waals surface area contributed by atoms with Gasteiger partial charge in [0.2, 0.25) is 0 Å². The van der Waals surface area contributed by atoms with Crippen molar-refractivity contribution in [3.8, 4) is 5.75 Å². The Kier molecular flexibility index (Phi) is 2.93. The van der Waals surface area contributed by atoms with Gasteiger partial charge in [-0.25, -0.2) is 0 Å². The van der Waals surface area contributed by atoms with Crippen molar-refractivity contribution in [3.63, 3.8) is 0 Å². The predicted molar refractivity (Wildman–Crippen MR) is 52.6 cm³/mol. The molecule has 0 aromatic heterocycles. The molecule has 0 aliphatic heterocycles. The zero-order valence-corrected chi connectivity index (χ0v) is 8.12. The van der Waals surface area contributed by atoms with Crippen molar-refractivity contribution < 1.29 is 9.30 Å². The molecule has 1 rings (SSSR count). The molecule has 72 valence electrons. The molecular weight excluding hydrogens is 189 g/mol. The second-order valence-electron chi connectivity index (χ2n) is 2.55. The molecule has 0 unspecified atom stereocenters. The molecule has 0 amide bonds. The van der Waals surface area contributed by atoms with E-state index in [0.29, 0.717) is 11.4 Å². The van der Waals surface area contributed by atoms with Crippen LogP contribution in [0.25, 0.3) is 0 Å². The number of nitrogens with two attached hydrogens (primary N) is 2. The van der Waals surface area contributed by atoms with E-state index >= 15 is 0 Å². The summed E-state index contributed by atoms with van der Waals surface area (Å²) in [5.74, 6) is 0.651. The summed E-state index contributed by atoms with van der Waals surface area (Å²) in [6, 6.07) is 6.88. The zero-order valence-electron chi connectivity index (χ0n) is 7.23. The topological polar surface area (TPSA) is 90.4 Å². The fraction of sp³-hybridized carbons (Fsp3) is 0.143. The van der Waals surface area contributed by atoms with Crippen LogP contribution in [0.15, 0.2) is 24.3 Å². The van der Waals surface area contributed by atoms with Gasteiger partial charge in [-0.1, -0.05) is 6.07 Å². The molecule has 6 heteroatoms. The highest BCUT2D eigenvalue weighted by atomic mass is 31.2. The lowest BCUT2D eigenvalue weighted by atomic mass is 10.3. The number of ether oxygens (including phenoxy) is 1. The third kappa shape index (κ3) is 3.46. The quantitative estimate of drug-likeness (QED) is 0.638. The summed E-state index contributed by atoms with van der Waals surface area (Å²) in [7, 11) is -1.68. The molecule has 1 aromatic carbocycles. The molecule has 0 bridgehead atoms. The summed E-state index contributed by atoms with van der Waals surface area (Å²) in [5, 5.41) is 2.49. The molecule has 13 heavy (non-hydrogen) atoms. The van der Waals surface area contributed by atoms with E-state index in [-0.39, 0.29) is 0 Å². The summed E-state index contributed by atoms with van der Waals surface area (Å²) >= 11 is 0. The molecule has 0 radical (unpaired) electrons. The van der Waals surface area contributed by atoms with Gasteiger partial charge < -0.3 is 9.82 Å². The summed E-state index contributed by atoms with van der Waals surface area (Å²) in [5.41, 5.74) is 10.9. The van der Waals surface area contributed by atoms with Crippen molar-refractivity contribution in [3.05, 3.63) is 24.3 Å². The SMILES string of the molecule is COc1cccc(NP(N)(N)=O)c1. The van der Waals surface area contributed by atoms with Crippen LogP contribution in [-0.4, -0.2) is 7.11 Å². The third-order valence-electron chi connectivity index (χ3n) is 1.37. The van der Waals surface area contributed by atoms with E-state index in [1.807, 2.05) is 0 Å². The van der Waals surface area contributed by atoms with Gasteiger partial charge in [-0.15, -0.1) is 0 Å². The Hall–Kier alpha value is -1.03. The Labute approximate surface area is 76.6 Å². The molecule has 5 N–H and O–H groups in total. The summed E-state index contributed by atoms with van der Waals surface area (Å²) in [6.07, 6.45) is 0. The van der Waals surface area contributed by atoms with Crippen molar-refractivity contribution in [1.82, 2.24) is 0 Å². The van der Waals surface area contributed by atoms with Gasteiger partial charge in [0.15, 0.2) is 0 Å². The van der Waals surface area contributed by atoms with Crippen LogP contribution in [0.1, 0.15) is 0 Å². The van der Waals surface area contributed by atoms with Gasteiger partial charge >= 0.3 is 0 Å². The maximum atomic E-state index is 11.0. The van der Waals surface area contributed by atoms with E-state index in [1.165, 1.54) is 0 Å². The van der Waals surface area contributed by atoms with Gasteiger partial charge in [0, 0.05) is 11.8 Å². The Morgan fingerprint density at radius 1 is 1.46 bits per heavy atom. The highest BCUT2D eigenvalue weighted by Gasteiger charge is 2.07. The maximum absolute atomic E-state index is 11.0. The monoisotopic (exact) mass is 201 g/mol. The number of hydrogen-bond acceptors (Lipinski definition) is 2. The third-order valence-corrected chi connectivity index (χ3v) is 1.98. The highest BCUT2D eigenvalue weighted by molar-refractivity contribution is 7.60. The van der Waals surface area contributed by atoms with Gasteiger partial charge in [0.1, 0.15) is 5.75 Å². The van der Waals surface area contributed by atoms with Crippen LogP contribution >= 0.6 is 7.59 Å². The van der Waals surface area contributed by atoms with Crippen molar-refractivity contribution in [2.45, 2.75) is 0 Å². The van der Waals surface area contributed by atoms with Crippen molar-refractivity contribution >= 4 is 13.3 Å². The Balaban J connectivity index is 2.84. The minimum absolute atomic E-state index is 0.577. The number of benzene rings is 1. The number of methoxy groups -OCH3 is 1. The minimum Gasteiger partial charge on any atom is -0.497 e. The summed E-state index contributed by atoms with van der Waals surface area (Å²) in [4.78, 5) is 0. The first-order chi connectivity index (χ1) is 6.01. The number of nitrogens with one attached hydrogen (secondary N) is 1. The summed E-state index contributed by atoms with van der Waals surface area (Å²) in [6.45, 7) is 0. The van der Waals surface area contributed by atoms with Crippen LogP contribution in [0, 0.1) is 0 Å². The molecular formula is C7H12N3O2P. The van der Waals surface area contributed by atoms with Gasteiger partial charge in [-0.2, -0.15) is 0 Å². The van der Waals surface area contributed by atoms with Crippen molar-refractivity contribution in [2.75, 3.05) is 12.2 Å². The Morgan fingerprint density at radius 3 is 2.69 bits per heavy atom. The average molecular weight is 201 g/mol. The van der Waals surface area contributed by atoms with Gasteiger partial charge in [0.05, 0.1) is 7.11 Å². The molecule has 0 aliphatic rings. The van der Waals surface area contributed by atoms with E-state index in [9.17, 15) is 4.57 Å². The number of hydrogen-bond donors (Lipinski definition) is 3. The maximum Gasteiger partial charge on any atom is 0.298 e. The molecule has 0 spiro atoms. The lowest BCUT2D eigenvalue weighted by molar-refractivity contribution is 0.415. The first kappa shape index (κ1) is 10.1. The van der Waals surface area contributed by atoms with Gasteiger partial charge in [-0.05, 0) is 12.1 Å². The molecule has 0 atom stereocenters. The average Bonchev–Trinajstić information content (AvgIpc) is 2.01. The fourth-order valence-electron chi connectivity index (χ4n) is 0.894. The predicted octanol–water partition coefficient (Wildman–Crippen LogP) is 1.13.